The molecule has 0 N–H and O–H groups in total. The SMILES string of the molecule is COc1cc(N2CCC3(CC2)C[C@H](C(OC)OC)CO3)ccc1[C@@H]1c2ccc(OCc3ccccc3)cc2CC[C@@H]1c1ccccc1. The van der Waals surface area contributed by atoms with Crippen molar-refractivity contribution >= 4 is 5.69 Å². The van der Waals surface area contributed by atoms with Crippen molar-refractivity contribution in [2.45, 2.75) is 62.4 Å². The van der Waals surface area contributed by atoms with Gasteiger partial charge in [-0.2, -0.15) is 0 Å². The molecule has 47 heavy (non-hydrogen) atoms. The van der Waals surface area contributed by atoms with Gasteiger partial charge in [0.2, 0.25) is 0 Å². The van der Waals surface area contributed by atoms with Crippen LogP contribution in [0.4, 0.5) is 5.69 Å². The van der Waals surface area contributed by atoms with Crippen LogP contribution in [0, 0.1) is 5.92 Å². The number of piperidine rings is 1. The van der Waals surface area contributed by atoms with Gasteiger partial charge in [0.15, 0.2) is 6.29 Å². The summed E-state index contributed by atoms with van der Waals surface area (Å²) < 4.78 is 30.0. The van der Waals surface area contributed by atoms with Crippen molar-refractivity contribution < 1.29 is 23.7 Å². The van der Waals surface area contributed by atoms with Gasteiger partial charge in [-0.05, 0) is 78.5 Å². The highest BCUT2D eigenvalue weighted by molar-refractivity contribution is 5.59. The number of ether oxygens (including phenoxy) is 5. The van der Waals surface area contributed by atoms with Crippen LogP contribution in [0.1, 0.15) is 65.3 Å². The number of benzene rings is 4. The minimum absolute atomic E-state index is 0.0844. The van der Waals surface area contributed by atoms with E-state index in [-0.39, 0.29) is 23.7 Å². The topological polar surface area (TPSA) is 49.4 Å². The lowest BCUT2D eigenvalue weighted by atomic mass is 9.69. The Morgan fingerprint density at radius 2 is 1.55 bits per heavy atom. The first-order valence-electron chi connectivity index (χ1n) is 17.1. The molecule has 3 aliphatic rings. The maximum absolute atomic E-state index is 6.42. The highest BCUT2D eigenvalue weighted by Crippen LogP contribution is 2.50. The third-order valence-corrected chi connectivity index (χ3v) is 10.7. The molecule has 1 spiro atoms. The van der Waals surface area contributed by atoms with E-state index >= 15 is 0 Å². The van der Waals surface area contributed by atoms with Crippen LogP contribution in [0.3, 0.4) is 0 Å². The predicted octanol–water partition coefficient (Wildman–Crippen LogP) is 8.13. The van der Waals surface area contributed by atoms with E-state index in [4.69, 9.17) is 23.7 Å². The molecule has 0 unspecified atom stereocenters. The smallest absolute Gasteiger partial charge is 0.161 e. The fourth-order valence-corrected chi connectivity index (χ4v) is 8.28. The fraction of sp³-hybridized carbons (Fsp3) is 0.415. The first-order valence-corrected chi connectivity index (χ1v) is 17.1. The van der Waals surface area contributed by atoms with E-state index in [2.05, 4.69) is 95.9 Å². The molecule has 246 valence electrons. The molecule has 0 saturated carbocycles. The number of fused-ring (bicyclic) bond motifs is 1. The zero-order valence-corrected chi connectivity index (χ0v) is 27.9. The molecule has 0 radical (unpaired) electrons. The van der Waals surface area contributed by atoms with E-state index < -0.39 is 0 Å². The Bertz CT molecular complexity index is 1610. The molecule has 0 bridgehead atoms. The zero-order chi connectivity index (χ0) is 32.2. The van der Waals surface area contributed by atoms with E-state index in [1.165, 1.54) is 33.5 Å². The number of hydrogen-bond acceptors (Lipinski definition) is 6. The van der Waals surface area contributed by atoms with Crippen molar-refractivity contribution in [2.75, 3.05) is 45.9 Å². The van der Waals surface area contributed by atoms with Crippen molar-refractivity contribution in [1.29, 1.82) is 0 Å². The quantitative estimate of drug-likeness (QED) is 0.164. The van der Waals surface area contributed by atoms with Crippen molar-refractivity contribution in [2.24, 2.45) is 5.92 Å². The molecule has 7 rings (SSSR count). The largest absolute Gasteiger partial charge is 0.496 e. The third kappa shape index (κ3) is 6.64. The highest BCUT2D eigenvalue weighted by Gasteiger charge is 2.45. The molecule has 0 aromatic heterocycles. The average molecular weight is 634 g/mol. The van der Waals surface area contributed by atoms with Crippen LogP contribution in [0.25, 0.3) is 0 Å². The number of rotatable bonds is 10. The molecule has 6 nitrogen and oxygen atoms in total. The van der Waals surface area contributed by atoms with Crippen LogP contribution in [-0.2, 0) is 27.2 Å². The van der Waals surface area contributed by atoms with Crippen molar-refractivity contribution in [3.05, 3.63) is 125 Å². The number of nitrogens with zero attached hydrogens (tertiary/aromatic N) is 1. The Kier molecular flexibility index (Phi) is 9.53. The second-order valence-corrected chi connectivity index (χ2v) is 13.4. The summed E-state index contributed by atoms with van der Waals surface area (Å²) in [5.41, 5.74) is 7.63. The van der Waals surface area contributed by atoms with E-state index in [0.29, 0.717) is 19.1 Å². The summed E-state index contributed by atoms with van der Waals surface area (Å²) in [4.78, 5) is 2.48. The number of anilines is 1. The molecule has 4 aromatic carbocycles. The van der Waals surface area contributed by atoms with Gasteiger partial charge < -0.3 is 28.6 Å². The Labute approximate surface area is 279 Å². The van der Waals surface area contributed by atoms with Gasteiger partial charge in [0, 0.05) is 56.5 Å². The molecular weight excluding hydrogens is 586 g/mol. The maximum Gasteiger partial charge on any atom is 0.161 e. The van der Waals surface area contributed by atoms with Crippen LogP contribution < -0.4 is 14.4 Å². The lowest BCUT2D eigenvalue weighted by Crippen LogP contribution is -2.44. The summed E-state index contributed by atoms with van der Waals surface area (Å²) in [5, 5.41) is 0. The number of aryl methyl sites for hydroxylation is 1. The Morgan fingerprint density at radius 3 is 2.28 bits per heavy atom. The summed E-state index contributed by atoms with van der Waals surface area (Å²) in [6, 6.07) is 34.9. The summed E-state index contributed by atoms with van der Waals surface area (Å²) in [7, 11) is 5.24. The maximum atomic E-state index is 6.42. The number of hydrogen-bond donors (Lipinski definition) is 0. The summed E-state index contributed by atoms with van der Waals surface area (Å²) >= 11 is 0. The molecule has 2 aliphatic heterocycles. The molecule has 4 aromatic rings. The molecule has 3 atom stereocenters. The average Bonchev–Trinajstić information content (AvgIpc) is 3.54. The van der Waals surface area contributed by atoms with E-state index in [0.717, 1.165) is 56.7 Å². The molecule has 6 heteroatoms. The summed E-state index contributed by atoms with van der Waals surface area (Å²) in [5.74, 6) is 2.68. The first-order chi connectivity index (χ1) is 23.1. The Morgan fingerprint density at radius 1 is 0.830 bits per heavy atom. The van der Waals surface area contributed by atoms with Gasteiger partial charge in [-0.1, -0.05) is 72.8 Å². The van der Waals surface area contributed by atoms with Crippen LogP contribution in [-0.4, -0.2) is 52.9 Å². The Balaban J connectivity index is 1.13. The van der Waals surface area contributed by atoms with E-state index in [1.807, 2.05) is 13.2 Å². The molecule has 0 amide bonds. The second kappa shape index (κ2) is 14.1. The second-order valence-electron chi connectivity index (χ2n) is 13.4. The lowest BCUT2D eigenvalue weighted by molar-refractivity contribution is -0.136. The summed E-state index contributed by atoms with van der Waals surface area (Å²) in [6.45, 7) is 3.16. The van der Waals surface area contributed by atoms with Crippen LogP contribution in [0.5, 0.6) is 11.5 Å². The zero-order valence-electron chi connectivity index (χ0n) is 27.9. The minimum Gasteiger partial charge on any atom is -0.496 e. The number of methoxy groups -OCH3 is 3. The van der Waals surface area contributed by atoms with Crippen molar-refractivity contribution in [3.8, 4) is 11.5 Å². The third-order valence-electron chi connectivity index (χ3n) is 10.7. The fourth-order valence-electron chi connectivity index (χ4n) is 8.28. The predicted molar refractivity (Wildman–Crippen MR) is 186 cm³/mol. The van der Waals surface area contributed by atoms with E-state index in [9.17, 15) is 0 Å². The molecule has 2 saturated heterocycles. The van der Waals surface area contributed by atoms with Gasteiger partial charge in [-0.25, -0.2) is 0 Å². The highest BCUT2D eigenvalue weighted by atomic mass is 16.7. The van der Waals surface area contributed by atoms with Gasteiger partial charge in [-0.15, -0.1) is 0 Å². The molecule has 1 aliphatic carbocycles. The molecular formula is C41H47NO5. The van der Waals surface area contributed by atoms with Gasteiger partial charge in [0.05, 0.1) is 19.3 Å². The normalized spacial score (nSPS) is 22.0. The van der Waals surface area contributed by atoms with E-state index in [1.54, 1.807) is 14.2 Å². The van der Waals surface area contributed by atoms with Gasteiger partial charge in [0.25, 0.3) is 0 Å². The van der Waals surface area contributed by atoms with Gasteiger partial charge in [0.1, 0.15) is 18.1 Å². The summed E-state index contributed by atoms with van der Waals surface area (Å²) in [6.07, 6.45) is 4.85. The van der Waals surface area contributed by atoms with Crippen molar-refractivity contribution in [1.82, 2.24) is 0 Å². The van der Waals surface area contributed by atoms with Crippen LogP contribution in [0.2, 0.25) is 0 Å². The molecule has 2 fully saturated rings. The minimum atomic E-state index is -0.206. The first kappa shape index (κ1) is 31.7. The van der Waals surface area contributed by atoms with Crippen LogP contribution in [0.15, 0.2) is 97.1 Å². The van der Waals surface area contributed by atoms with Crippen LogP contribution >= 0.6 is 0 Å². The van der Waals surface area contributed by atoms with Crippen molar-refractivity contribution in [3.63, 3.8) is 0 Å². The monoisotopic (exact) mass is 633 g/mol. The Hall–Kier alpha value is -3.84. The molecule has 2 heterocycles. The van der Waals surface area contributed by atoms with Gasteiger partial charge >= 0.3 is 0 Å². The lowest BCUT2D eigenvalue weighted by Gasteiger charge is -2.40. The van der Waals surface area contributed by atoms with Gasteiger partial charge in [-0.3, -0.25) is 0 Å². The standard InChI is InChI=1S/C41H47NO5/c1-43-38-25-33(42-22-20-41(21-23-42)26-32(28-47-41)40(44-2)45-3)15-18-37(38)39-35(30-12-8-5-9-13-30)17-14-31-24-34(16-19-36(31)39)46-27-29-10-6-4-7-11-29/h4-13,15-16,18-19,24-25,32,35,39-40H,14,17,20-23,26-28H2,1-3H3/t32-,35+,39-/m0/s1.